The molecule has 158 valence electrons. The molecule has 1 atom stereocenters. The van der Waals surface area contributed by atoms with E-state index in [1.54, 1.807) is 12.1 Å². The second kappa shape index (κ2) is 9.37. The normalized spacial score (nSPS) is 19.0. The van der Waals surface area contributed by atoms with Gasteiger partial charge >= 0.3 is 18.2 Å². The van der Waals surface area contributed by atoms with Gasteiger partial charge in [0.1, 0.15) is 22.0 Å². The highest BCUT2D eigenvalue weighted by molar-refractivity contribution is 8.15. The molecule has 2 aliphatic rings. The van der Waals surface area contributed by atoms with Crippen molar-refractivity contribution in [3.63, 3.8) is 0 Å². The minimum atomic E-state index is -5.08. The van der Waals surface area contributed by atoms with Crippen LogP contribution in [0.3, 0.4) is 0 Å². The van der Waals surface area contributed by atoms with Crippen molar-refractivity contribution in [2.75, 3.05) is 23.7 Å². The smallest absolute Gasteiger partial charge is 0.475 e. The molecule has 3 rings (SSSR count). The predicted molar refractivity (Wildman–Crippen MR) is 101 cm³/mol. The van der Waals surface area contributed by atoms with Crippen LogP contribution in [-0.4, -0.2) is 58.3 Å². The van der Waals surface area contributed by atoms with Gasteiger partial charge in [0.15, 0.2) is 0 Å². The molecule has 1 aromatic rings. The largest absolute Gasteiger partial charge is 0.490 e. The Hall–Kier alpha value is -2.45. The topological polar surface area (TPSA) is 117 Å². The van der Waals surface area contributed by atoms with Crippen LogP contribution >= 0.6 is 24.0 Å². The second-order valence-corrected chi connectivity index (χ2v) is 7.02. The zero-order chi connectivity index (χ0) is 21.8. The number of halogens is 4. The van der Waals surface area contributed by atoms with E-state index in [4.69, 9.17) is 32.6 Å². The van der Waals surface area contributed by atoms with Gasteiger partial charge in [-0.25, -0.2) is 14.0 Å². The number of ether oxygens (including phenoxy) is 1. The lowest BCUT2D eigenvalue weighted by Crippen LogP contribution is -2.28. The molecule has 0 unspecified atom stereocenters. The number of hydrogen-bond acceptors (Lipinski definition) is 7. The number of thiocarbonyl (C=S) groups is 1. The summed E-state index contributed by atoms with van der Waals surface area (Å²) in [5.74, 6) is -2.65. The third-order valence-corrected chi connectivity index (χ3v) is 4.93. The summed E-state index contributed by atoms with van der Waals surface area (Å²) in [6.45, 7) is 0.557. The fraction of sp³-hybridized carbons (Fsp3) is 0.333. The van der Waals surface area contributed by atoms with Gasteiger partial charge in [0.25, 0.3) is 0 Å². The summed E-state index contributed by atoms with van der Waals surface area (Å²) in [6.07, 6.45) is -5.96. The van der Waals surface area contributed by atoms with Gasteiger partial charge in [-0.15, -0.1) is 0 Å². The summed E-state index contributed by atoms with van der Waals surface area (Å²) in [5.41, 5.74) is 8.97. The van der Waals surface area contributed by atoms with Gasteiger partial charge in [-0.3, -0.25) is 10.3 Å². The van der Waals surface area contributed by atoms with E-state index in [1.807, 2.05) is 0 Å². The molecular weight excluding hydrogens is 440 g/mol. The van der Waals surface area contributed by atoms with Crippen LogP contribution in [0.25, 0.3) is 0 Å². The minimum absolute atomic E-state index is 0.238. The van der Waals surface area contributed by atoms with Crippen molar-refractivity contribution in [1.82, 2.24) is 5.43 Å². The van der Waals surface area contributed by atoms with Crippen LogP contribution in [0.15, 0.2) is 23.3 Å². The van der Waals surface area contributed by atoms with Crippen LogP contribution in [0.4, 0.5) is 28.0 Å². The number of aliphatic carboxylic acids is 1. The number of amides is 1. The number of anilines is 1. The molecule has 0 spiro atoms. The van der Waals surface area contributed by atoms with Crippen LogP contribution in [-0.2, 0) is 9.53 Å². The maximum absolute atomic E-state index is 14.3. The van der Waals surface area contributed by atoms with Crippen LogP contribution in [0, 0.1) is 5.82 Å². The van der Waals surface area contributed by atoms with Crippen LogP contribution in [0.2, 0.25) is 0 Å². The highest BCUT2D eigenvalue weighted by atomic mass is 32.2. The number of carbonyl (C=O) groups is 2. The number of carboxylic acids is 1. The fourth-order valence-electron chi connectivity index (χ4n) is 2.15. The second-order valence-electron chi connectivity index (χ2n) is 5.56. The Morgan fingerprint density at radius 3 is 2.59 bits per heavy atom. The molecule has 4 N–H and O–H groups in total. The molecule has 1 amide bonds. The van der Waals surface area contributed by atoms with E-state index in [0.717, 1.165) is 0 Å². The Kier molecular flexibility index (Phi) is 7.37. The third kappa shape index (κ3) is 6.01. The van der Waals surface area contributed by atoms with E-state index in [1.165, 1.54) is 22.7 Å². The van der Waals surface area contributed by atoms with Gasteiger partial charge in [0.2, 0.25) is 0 Å². The number of thioether (sulfide) groups is 1. The van der Waals surface area contributed by atoms with Crippen molar-refractivity contribution >= 4 is 51.8 Å². The summed E-state index contributed by atoms with van der Waals surface area (Å²) in [7, 11) is 0. The monoisotopic (exact) mass is 454 g/mol. The summed E-state index contributed by atoms with van der Waals surface area (Å²) in [5, 5.41) is 11.7. The van der Waals surface area contributed by atoms with Gasteiger partial charge in [-0.05, 0) is 18.2 Å². The molecule has 2 aliphatic heterocycles. The number of carboxylic acid groups (broad SMARTS) is 1. The fourth-order valence-corrected chi connectivity index (χ4v) is 3.14. The van der Waals surface area contributed by atoms with E-state index in [2.05, 4.69) is 10.5 Å². The lowest BCUT2D eigenvalue weighted by molar-refractivity contribution is -0.192. The molecule has 8 nitrogen and oxygen atoms in total. The highest BCUT2D eigenvalue weighted by Gasteiger charge is 2.38. The number of rotatable bonds is 3. The Bertz CT molecular complexity index is 850. The first-order valence-electron chi connectivity index (χ1n) is 7.80. The van der Waals surface area contributed by atoms with Gasteiger partial charge in [0.05, 0.1) is 18.0 Å². The number of cyclic esters (lactones) is 1. The Labute approximate surface area is 171 Å². The highest BCUT2D eigenvalue weighted by Crippen LogP contribution is 2.26. The van der Waals surface area contributed by atoms with Crippen molar-refractivity contribution in [3.05, 3.63) is 29.6 Å². The molecule has 2 heterocycles. The molecule has 0 bridgehead atoms. The Morgan fingerprint density at radius 1 is 1.48 bits per heavy atom. The van der Waals surface area contributed by atoms with E-state index < -0.39 is 24.1 Å². The average Bonchev–Trinajstić information content (AvgIpc) is 3.03. The van der Waals surface area contributed by atoms with Gasteiger partial charge in [-0.2, -0.15) is 18.3 Å². The third-order valence-electron chi connectivity index (χ3n) is 3.50. The number of alkyl halides is 3. The number of hydrazone groups is 1. The van der Waals surface area contributed by atoms with Crippen molar-refractivity contribution < 1.29 is 37.0 Å². The van der Waals surface area contributed by atoms with Crippen LogP contribution < -0.4 is 16.1 Å². The molecule has 0 aromatic heterocycles. The number of nitrogens with one attached hydrogen (secondary N) is 1. The molecule has 0 saturated carbocycles. The molecule has 29 heavy (non-hydrogen) atoms. The van der Waals surface area contributed by atoms with E-state index in [0.29, 0.717) is 33.6 Å². The molecular formula is C15H14F4N4O4S2. The predicted octanol–water partition coefficient (Wildman–Crippen LogP) is 2.07. The lowest BCUT2D eigenvalue weighted by atomic mass is 10.2. The molecule has 0 aliphatic carbocycles. The summed E-state index contributed by atoms with van der Waals surface area (Å²) in [4.78, 5) is 22.6. The number of benzene rings is 1. The molecule has 1 fully saturated rings. The van der Waals surface area contributed by atoms with Crippen molar-refractivity contribution in [2.24, 2.45) is 10.8 Å². The Morgan fingerprint density at radius 2 is 2.14 bits per heavy atom. The molecule has 0 radical (unpaired) electrons. The lowest BCUT2D eigenvalue weighted by Gasteiger charge is -2.16. The maximum atomic E-state index is 14.3. The van der Waals surface area contributed by atoms with E-state index in [-0.39, 0.29) is 12.6 Å². The first-order chi connectivity index (χ1) is 13.5. The van der Waals surface area contributed by atoms with Crippen molar-refractivity contribution in [3.8, 4) is 0 Å². The molecule has 14 heteroatoms. The number of nitrogens with two attached hydrogens (primary N) is 1. The van der Waals surface area contributed by atoms with Gasteiger partial charge < -0.3 is 15.6 Å². The van der Waals surface area contributed by atoms with E-state index >= 15 is 0 Å². The zero-order valence-corrected chi connectivity index (χ0v) is 16.0. The summed E-state index contributed by atoms with van der Waals surface area (Å²) < 4.78 is 51.1. The van der Waals surface area contributed by atoms with Crippen LogP contribution in [0.5, 0.6) is 0 Å². The minimum Gasteiger partial charge on any atom is -0.475 e. The average molecular weight is 454 g/mol. The SMILES string of the molecule is NC[C@H]1CN(c2ccc(C3=NNC(=S)CS3)c(F)c2)C(=O)O1.O=C(O)C(F)(F)F. The summed E-state index contributed by atoms with van der Waals surface area (Å²) >= 11 is 6.33. The van der Waals surface area contributed by atoms with Gasteiger partial charge in [0, 0.05) is 12.1 Å². The first-order valence-corrected chi connectivity index (χ1v) is 9.20. The van der Waals surface area contributed by atoms with Crippen LogP contribution in [0.1, 0.15) is 5.56 Å². The maximum Gasteiger partial charge on any atom is 0.490 e. The molecule has 1 aromatic carbocycles. The van der Waals surface area contributed by atoms with Crippen molar-refractivity contribution in [1.29, 1.82) is 0 Å². The van der Waals surface area contributed by atoms with E-state index in [9.17, 15) is 22.4 Å². The first kappa shape index (κ1) is 22.8. The molecule has 1 saturated heterocycles. The van der Waals surface area contributed by atoms with Gasteiger partial charge in [-0.1, -0.05) is 24.0 Å². The summed E-state index contributed by atoms with van der Waals surface area (Å²) in [6, 6.07) is 4.55. The zero-order valence-electron chi connectivity index (χ0n) is 14.4. The van der Waals surface area contributed by atoms with Crippen molar-refractivity contribution in [2.45, 2.75) is 12.3 Å². The number of hydrogen-bond donors (Lipinski definition) is 3. The standard InChI is InChI=1S/C13H13FN4O2S2.C2HF3O2/c14-10-3-7(18-5-8(4-15)20-13(18)19)1-2-9(10)12-17-16-11(21)6-22-12;3-2(4,5)1(6)7/h1-3,8H,4-6,15H2,(H,16,21);(H,6,7)/t8-;/m0./s1. The number of carbonyl (C=O) groups excluding carboxylic acids is 1. The Balaban J connectivity index is 0.000000370. The number of nitrogens with zero attached hydrogens (tertiary/aromatic N) is 2. The quantitative estimate of drug-likeness (QED) is 0.470.